The minimum atomic E-state index is -3.71. The SMILES string of the molecule is Cn1c(=O)oc2ccc(S(=O)(=O)NCCC(CCO)c3ccsc3)cc21. The number of sulfonamides is 1. The number of hydrogen-bond acceptors (Lipinski definition) is 6. The molecule has 0 aliphatic rings. The zero-order valence-corrected chi connectivity index (χ0v) is 15.8. The quantitative estimate of drug-likeness (QED) is 0.607. The minimum Gasteiger partial charge on any atom is -0.408 e. The van der Waals surface area contributed by atoms with Gasteiger partial charge >= 0.3 is 5.76 Å². The number of aromatic nitrogens is 1. The maximum absolute atomic E-state index is 12.5. The predicted molar refractivity (Wildman–Crippen MR) is 100 cm³/mol. The molecule has 2 N–H and O–H groups in total. The molecule has 0 saturated heterocycles. The molecule has 2 aromatic heterocycles. The van der Waals surface area contributed by atoms with Gasteiger partial charge in [0.05, 0.1) is 10.4 Å². The van der Waals surface area contributed by atoms with Crippen molar-refractivity contribution in [1.29, 1.82) is 0 Å². The number of benzene rings is 1. The van der Waals surface area contributed by atoms with E-state index in [2.05, 4.69) is 4.72 Å². The number of thiophene rings is 1. The van der Waals surface area contributed by atoms with Crippen LogP contribution < -0.4 is 10.5 Å². The van der Waals surface area contributed by atoms with Gasteiger partial charge in [-0.2, -0.15) is 11.3 Å². The summed E-state index contributed by atoms with van der Waals surface area (Å²) in [5, 5.41) is 13.2. The molecule has 1 unspecified atom stereocenters. The van der Waals surface area contributed by atoms with Crippen LogP contribution in [0.4, 0.5) is 0 Å². The van der Waals surface area contributed by atoms with Crippen molar-refractivity contribution in [3.8, 4) is 0 Å². The largest absolute Gasteiger partial charge is 0.419 e. The highest BCUT2D eigenvalue weighted by Gasteiger charge is 2.18. The van der Waals surface area contributed by atoms with Gasteiger partial charge in [0.1, 0.15) is 0 Å². The lowest BCUT2D eigenvalue weighted by Gasteiger charge is -2.15. The van der Waals surface area contributed by atoms with Gasteiger partial charge in [-0.05, 0) is 59.3 Å². The summed E-state index contributed by atoms with van der Waals surface area (Å²) in [6.45, 7) is 0.309. The molecule has 0 radical (unpaired) electrons. The van der Waals surface area contributed by atoms with Crippen molar-refractivity contribution >= 4 is 32.5 Å². The summed E-state index contributed by atoms with van der Waals surface area (Å²) >= 11 is 1.58. The molecule has 0 spiro atoms. The third-order valence-corrected chi connectivity index (χ3v) is 6.51. The molecule has 1 aromatic carbocycles. The molecule has 3 rings (SSSR count). The maximum Gasteiger partial charge on any atom is 0.419 e. The molecule has 0 saturated carbocycles. The summed E-state index contributed by atoms with van der Waals surface area (Å²) in [5.74, 6) is -0.434. The van der Waals surface area contributed by atoms with E-state index in [0.717, 1.165) is 5.56 Å². The van der Waals surface area contributed by atoms with Crippen LogP contribution in [0.25, 0.3) is 11.1 Å². The van der Waals surface area contributed by atoms with Gasteiger partial charge in [0.2, 0.25) is 10.0 Å². The molecule has 140 valence electrons. The minimum absolute atomic E-state index is 0.0540. The van der Waals surface area contributed by atoms with Crippen molar-refractivity contribution in [2.45, 2.75) is 23.7 Å². The summed E-state index contributed by atoms with van der Waals surface area (Å²) in [6.07, 6.45) is 1.17. The molecule has 0 amide bonds. The van der Waals surface area contributed by atoms with E-state index in [1.807, 2.05) is 16.8 Å². The van der Waals surface area contributed by atoms with Crippen LogP contribution in [0, 0.1) is 0 Å². The molecule has 0 aliphatic carbocycles. The normalized spacial score (nSPS) is 13.3. The summed E-state index contributed by atoms with van der Waals surface area (Å²) in [4.78, 5) is 11.6. The summed E-state index contributed by atoms with van der Waals surface area (Å²) < 4.78 is 34.0. The molecule has 1 atom stereocenters. The topological polar surface area (TPSA) is 102 Å². The maximum atomic E-state index is 12.5. The lowest BCUT2D eigenvalue weighted by molar-refractivity contribution is 0.273. The highest BCUT2D eigenvalue weighted by molar-refractivity contribution is 7.89. The first-order valence-electron chi connectivity index (χ1n) is 8.14. The van der Waals surface area contributed by atoms with Crippen LogP contribution in [-0.2, 0) is 17.1 Å². The number of hydrogen-bond donors (Lipinski definition) is 2. The Balaban J connectivity index is 1.72. The third kappa shape index (κ3) is 3.90. The Kier molecular flexibility index (Phi) is 5.61. The summed E-state index contributed by atoms with van der Waals surface area (Å²) in [5.41, 5.74) is 1.88. The van der Waals surface area contributed by atoms with Crippen molar-refractivity contribution in [1.82, 2.24) is 9.29 Å². The number of aryl methyl sites for hydroxylation is 1. The number of nitrogens with one attached hydrogen (secondary N) is 1. The molecule has 2 heterocycles. The highest BCUT2D eigenvalue weighted by atomic mass is 32.2. The molecule has 0 bridgehead atoms. The fourth-order valence-electron chi connectivity index (χ4n) is 2.87. The molecular formula is C17H20N2O5S2. The first kappa shape index (κ1) is 18.8. The van der Waals surface area contributed by atoms with Crippen molar-refractivity contribution < 1.29 is 17.9 Å². The lowest BCUT2D eigenvalue weighted by atomic mass is 9.95. The Hall–Kier alpha value is -1.94. The third-order valence-electron chi connectivity index (χ3n) is 4.35. The van der Waals surface area contributed by atoms with Gasteiger partial charge in [-0.3, -0.25) is 4.57 Å². The molecular weight excluding hydrogens is 376 g/mol. The second kappa shape index (κ2) is 7.75. The number of fused-ring (bicyclic) bond motifs is 1. The fourth-order valence-corrected chi connectivity index (χ4v) is 4.67. The van der Waals surface area contributed by atoms with Gasteiger partial charge in [0, 0.05) is 20.2 Å². The van der Waals surface area contributed by atoms with Gasteiger partial charge in [0.25, 0.3) is 0 Å². The average molecular weight is 396 g/mol. The Morgan fingerprint density at radius 1 is 1.31 bits per heavy atom. The number of aliphatic hydroxyl groups excluding tert-OH is 1. The van der Waals surface area contributed by atoms with E-state index in [9.17, 15) is 18.3 Å². The van der Waals surface area contributed by atoms with Crippen LogP contribution in [-0.4, -0.2) is 31.2 Å². The second-order valence-corrected chi connectivity index (χ2v) is 8.56. The van der Waals surface area contributed by atoms with E-state index in [-0.39, 0.29) is 24.0 Å². The van der Waals surface area contributed by atoms with Gasteiger partial charge < -0.3 is 9.52 Å². The van der Waals surface area contributed by atoms with Gasteiger partial charge in [0.15, 0.2) is 5.58 Å². The lowest BCUT2D eigenvalue weighted by Crippen LogP contribution is -2.26. The van der Waals surface area contributed by atoms with Crippen molar-refractivity contribution in [3.05, 3.63) is 51.1 Å². The van der Waals surface area contributed by atoms with Crippen LogP contribution in [0.1, 0.15) is 24.3 Å². The van der Waals surface area contributed by atoms with Crippen molar-refractivity contribution in [2.24, 2.45) is 7.05 Å². The van der Waals surface area contributed by atoms with E-state index < -0.39 is 15.8 Å². The standard InChI is InChI=1S/C17H20N2O5S2/c1-19-15-10-14(2-3-16(15)24-17(19)21)26(22,23)18-7-4-12(5-8-20)13-6-9-25-11-13/h2-3,6,9-12,18,20H,4-5,7-8H2,1H3. The zero-order chi connectivity index (χ0) is 18.7. The van der Waals surface area contributed by atoms with E-state index >= 15 is 0 Å². The summed E-state index contributed by atoms with van der Waals surface area (Å²) in [6, 6.07) is 6.31. The van der Waals surface area contributed by atoms with E-state index in [0.29, 0.717) is 23.9 Å². The Labute approximate surface area is 154 Å². The van der Waals surface area contributed by atoms with Crippen molar-refractivity contribution in [3.63, 3.8) is 0 Å². The smallest absolute Gasteiger partial charge is 0.408 e. The van der Waals surface area contributed by atoms with Crippen LogP contribution in [0.2, 0.25) is 0 Å². The van der Waals surface area contributed by atoms with Crippen LogP contribution in [0.15, 0.2) is 49.1 Å². The number of rotatable bonds is 8. The molecule has 0 fully saturated rings. The number of nitrogens with zero attached hydrogens (tertiary/aromatic N) is 1. The van der Waals surface area contributed by atoms with E-state index in [1.165, 1.54) is 29.8 Å². The average Bonchev–Trinajstić information content (AvgIpc) is 3.23. The van der Waals surface area contributed by atoms with Crippen LogP contribution in [0.3, 0.4) is 0 Å². The molecule has 3 aromatic rings. The zero-order valence-electron chi connectivity index (χ0n) is 14.2. The molecule has 0 aliphatic heterocycles. The van der Waals surface area contributed by atoms with Crippen LogP contribution in [0.5, 0.6) is 0 Å². The Bertz CT molecular complexity index is 1030. The van der Waals surface area contributed by atoms with E-state index in [1.54, 1.807) is 11.3 Å². The van der Waals surface area contributed by atoms with Gasteiger partial charge in [-0.1, -0.05) is 0 Å². The molecule has 26 heavy (non-hydrogen) atoms. The van der Waals surface area contributed by atoms with E-state index in [4.69, 9.17) is 4.42 Å². The highest BCUT2D eigenvalue weighted by Crippen LogP contribution is 2.25. The van der Waals surface area contributed by atoms with Crippen molar-refractivity contribution in [2.75, 3.05) is 13.2 Å². The number of aliphatic hydroxyl groups is 1. The Morgan fingerprint density at radius 3 is 2.81 bits per heavy atom. The van der Waals surface area contributed by atoms with Gasteiger partial charge in [-0.25, -0.2) is 17.9 Å². The van der Waals surface area contributed by atoms with Gasteiger partial charge in [-0.15, -0.1) is 0 Å². The first-order valence-corrected chi connectivity index (χ1v) is 10.6. The number of oxazole rings is 1. The first-order chi connectivity index (χ1) is 12.4. The predicted octanol–water partition coefficient (Wildman–Crippen LogP) is 2.03. The molecule has 9 heteroatoms. The molecule has 7 nitrogen and oxygen atoms in total. The fraction of sp³-hybridized carbons (Fsp3) is 0.353. The van der Waals surface area contributed by atoms with Crippen LogP contribution >= 0.6 is 11.3 Å². The Morgan fingerprint density at radius 2 is 2.12 bits per heavy atom. The monoisotopic (exact) mass is 396 g/mol. The summed E-state index contributed by atoms with van der Waals surface area (Å²) in [7, 11) is -2.18. The second-order valence-electron chi connectivity index (χ2n) is 6.01.